The van der Waals surface area contributed by atoms with E-state index in [2.05, 4.69) is 9.97 Å². The number of fused-ring (bicyclic) bond motifs is 3. The van der Waals surface area contributed by atoms with E-state index in [9.17, 15) is 8.42 Å². The monoisotopic (exact) mass is 357 g/mol. The first kappa shape index (κ1) is 15.4. The molecule has 1 fully saturated rings. The quantitative estimate of drug-likeness (QED) is 0.818. The average molecular weight is 357 g/mol. The zero-order chi connectivity index (χ0) is 17.2. The summed E-state index contributed by atoms with van der Waals surface area (Å²) in [6.45, 7) is 2.92. The molecule has 2 aromatic rings. The van der Waals surface area contributed by atoms with Gasteiger partial charge in [-0.2, -0.15) is 4.31 Å². The Labute approximate surface area is 146 Å². The average Bonchev–Trinajstić information content (AvgIpc) is 3.16. The lowest BCUT2D eigenvalue weighted by atomic mass is 9.90. The zero-order valence-electron chi connectivity index (χ0n) is 14.0. The lowest BCUT2D eigenvalue weighted by Crippen LogP contribution is -2.61. The molecular weight excluding hydrogens is 338 g/mol. The van der Waals surface area contributed by atoms with Crippen molar-refractivity contribution >= 4 is 10.0 Å². The molecule has 25 heavy (non-hydrogen) atoms. The van der Waals surface area contributed by atoms with Gasteiger partial charge in [-0.05, 0) is 49.4 Å². The molecule has 0 unspecified atom stereocenters. The summed E-state index contributed by atoms with van der Waals surface area (Å²) in [6.07, 6.45) is 4.90. The number of benzene rings is 1. The molecule has 1 aromatic carbocycles. The van der Waals surface area contributed by atoms with Crippen LogP contribution in [0.3, 0.4) is 0 Å². The predicted octanol–water partition coefficient (Wildman–Crippen LogP) is 1.70. The molecule has 1 spiro atoms. The highest BCUT2D eigenvalue weighted by Gasteiger charge is 2.54. The van der Waals surface area contributed by atoms with Crippen LogP contribution >= 0.6 is 0 Å². The minimum absolute atomic E-state index is 0.325. The first-order valence-electron chi connectivity index (χ1n) is 8.57. The second kappa shape index (κ2) is 5.09. The van der Waals surface area contributed by atoms with Crippen molar-refractivity contribution in [2.24, 2.45) is 0 Å². The van der Waals surface area contributed by atoms with E-state index in [0.29, 0.717) is 30.4 Å². The van der Waals surface area contributed by atoms with Gasteiger partial charge in [0.25, 0.3) is 0 Å². The number of rotatable bonds is 2. The summed E-state index contributed by atoms with van der Waals surface area (Å²) < 4.78 is 33.3. The van der Waals surface area contributed by atoms with Gasteiger partial charge in [-0.3, -0.25) is 0 Å². The first-order chi connectivity index (χ1) is 12.0. The summed E-state index contributed by atoms with van der Waals surface area (Å²) in [6, 6.07) is 5.54. The van der Waals surface area contributed by atoms with Crippen molar-refractivity contribution in [1.29, 1.82) is 0 Å². The van der Waals surface area contributed by atoms with Gasteiger partial charge in [0, 0.05) is 24.8 Å². The van der Waals surface area contributed by atoms with Crippen LogP contribution in [0.2, 0.25) is 0 Å². The first-order valence-corrected chi connectivity index (χ1v) is 10.0. The van der Waals surface area contributed by atoms with Crippen molar-refractivity contribution in [2.45, 2.75) is 43.3 Å². The van der Waals surface area contributed by atoms with Crippen molar-refractivity contribution in [3.8, 4) is 0 Å². The van der Waals surface area contributed by atoms with E-state index >= 15 is 0 Å². The SMILES string of the molecule is Cc1ncc2c(n1)COC21CN(S(=O)(=O)c2ccc3c(c2)CCC3)C1. The molecule has 6 nitrogen and oxygen atoms in total. The van der Waals surface area contributed by atoms with E-state index in [-0.39, 0.29) is 0 Å². The summed E-state index contributed by atoms with van der Waals surface area (Å²) in [5.74, 6) is 0.710. The van der Waals surface area contributed by atoms with Crippen LogP contribution in [0.1, 0.15) is 34.6 Å². The third-order valence-electron chi connectivity index (χ3n) is 5.54. The molecule has 2 aliphatic heterocycles. The van der Waals surface area contributed by atoms with Crippen LogP contribution in [-0.4, -0.2) is 35.8 Å². The molecule has 1 aliphatic carbocycles. The predicted molar refractivity (Wildman–Crippen MR) is 90.5 cm³/mol. The fraction of sp³-hybridized carbons (Fsp3) is 0.444. The fourth-order valence-electron chi connectivity index (χ4n) is 4.10. The van der Waals surface area contributed by atoms with Crippen molar-refractivity contribution < 1.29 is 13.2 Å². The van der Waals surface area contributed by atoms with Gasteiger partial charge in [-0.1, -0.05) is 6.07 Å². The van der Waals surface area contributed by atoms with Gasteiger partial charge in [0.15, 0.2) is 0 Å². The van der Waals surface area contributed by atoms with Crippen LogP contribution in [0, 0.1) is 6.92 Å². The highest BCUT2D eigenvalue weighted by atomic mass is 32.2. The molecule has 0 saturated carbocycles. The standard InChI is InChI=1S/C18H19N3O3S/c1-12-19-8-16-17(20-12)9-24-18(16)10-21(11-18)25(22,23)15-6-5-13-3-2-4-14(13)7-15/h5-8H,2-4,9-11H2,1H3. The van der Waals surface area contributed by atoms with Crippen LogP contribution in [0.25, 0.3) is 0 Å². The highest BCUT2D eigenvalue weighted by molar-refractivity contribution is 7.89. The second-order valence-corrected chi connectivity index (χ2v) is 9.06. The normalized spacial score (nSPS) is 21.2. The number of sulfonamides is 1. The van der Waals surface area contributed by atoms with Crippen LogP contribution in [0.4, 0.5) is 0 Å². The topological polar surface area (TPSA) is 72.4 Å². The third-order valence-corrected chi connectivity index (χ3v) is 7.32. The lowest BCUT2D eigenvalue weighted by molar-refractivity contribution is -0.112. The molecule has 0 N–H and O–H groups in total. The largest absolute Gasteiger partial charge is 0.361 e. The number of ether oxygens (including phenoxy) is 1. The molecule has 3 heterocycles. The summed E-state index contributed by atoms with van der Waals surface area (Å²) >= 11 is 0. The van der Waals surface area contributed by atoms with E-state index in [4.69, 9.17) is 4.74 Å². The van der Waals surface area contributed by atoms with Gasteiger partial charge in [-0.15, -0.1) is 0 Å². The Bertz CT molecular complexity index is 981. The highest BCUT2D eigenvalue weighted by Crippen LogP contribution is 2.44. The van der Waals surface area contributed by atoms with Gasteiger partial charge < -0.3 is 4.74 Å². The maximum atomic E-state index is 13.0. The van der Waals surface area contributed by atoms with Gasteiger partial charge in [-0.25, -0.2) is 18.4 Å². The Hall–Kier alpha value is -1.83. The summed E-state index contributed by atoms with van der Waals surface area (Å²) in [5.41, 5.74) is 3.68. The molecule has 7 heteroatoms. The Morgan fingerprint density at radius 3 is 2.84 bits per heavy atom. The Morgan fingerprint density at radius 2 is 2.00 bits per heavy atom. The van der Waals surface area contributed by atoms with Gasteiger partial charge in [0.05, 0.1) is 17.2 Å². The van der Waals surface area contributed by atoms with E-state index in [0.717, 1.165) is 30.5 Å². The van der Waals surface area contributed by atoms with Crippen LogP contribution < -0.4 is 0 Å². The number of nitrogens with zero attached hydrogens (tertiary/aromatic N) is 3. The molecule has 3 aliphatic rings. The van der Waals surface area contributed by atoms with Crippen LogP contribution in [0.15, 0.2) is 29.3 Å². The van der Waals surface area contributed by atoms with Gasteiger partial charge in [0.1, 0.15) is 11.4 Å². The Morgan fingerprint density at radius 1 is 1.20 bits per heavy atom. The van der Waals surface area contributed by atoms with E-state index in [1.54, 1.807) is 12.3 Å². The molecule has 5 rings (SSSR count). The molecular formula is C18H19N3O3S. The molecule has 1 saturated heterocycles. The van der Waals surface area contributed by atoms with Gasteiger partial charge in [0.2, 0.25) is 10.0 Å². The van der Waals surface area contributed by atoms with Crippen molar-refractivity contribution in [3.63, 3.8) is 0 Å². The second-order valence-electron chi connectivity index (χ2n) is 7.12. The summed E-state index contributed by atoms with van der Waals surface area (Å²) in [4.78, 5) is 9.06. The maximum absolute atomic E-state index is 13.0. The fourth-order valence-corrected chi connectivity index (χ4v) is 5.69. The molecule has 130 valence electrons. The van der Waals surface area contributed by atoms with Crippen molar-refractivity contribution in [1.82, 2.24) is 14.3 Å². The smallest absolute Gasteiger partial charge is 0.243 e. The Balaban J connectivity index is 1.42. The number of hydrogen-bond donors (Lipinski definition) is 0. The number of hydrogen-bond acceptors (Lipinski definition) is 5. The molecule has 0 bridgehead atoms. The van der Waals surface area contributed by atoms with E-state index < -0.39 is 15.6 Å². The van der Waals surface area contributed by atoms with Crippen LogP contribution in [0.5, 0.6) is 0 Å². The van der Waals surface area contributed by atoms with Crippen molar-refractivity contribution in [2.75, 3.05) is 13.1 Å². The van der Waals surface area contributed by atoms with E-state index in [1.165, 1.54) is 15.4 Å². The molecule has 1 aromatic heterocycles. The molecule has 0 amide bonds. The summed E-state index contributed by atoms with van der Waals surface area (Å²) in [5, 5.41) is 0. The maximum Gasteiger partial charge on any atom is 0.243 e. The van der Waals surface area contributed by atoms with Crippen LogP contribution in [-0.2, 0) is 39.8 Å². The minimum Gasteiger partial charge on any atom is -0.361 e. The van der Waals surface area contributed by atoms with Gasteiger partial charge >= 0.3 is 0 Å². The van der Waals surface area contributed by atoms with Crippen molar-refractivity contribution in [3.05, 3.63) is 52.6 Å². The zero-order valence-corrected chi connectivity index (χ0v) is 14.8. The number of aryl methyl sites for hydroxylation is 3. The number of aromatic nitrogens is 2. The summed E-state index contributed by atoms with van der Waals surface area (Å²) in [7, 11) is -3.49. The Kier molecular flexibility index (Phi) is 3.14. The minimum atomic E-state index is -3.49. The van der Waals surface area contributed by atoms with E-state index in [1.807, 2.05) is 19.1 Å². The molecule has 0 radical (unpaired) electrons. The lowest BCUT2D eigenvalue weighted by Gasteiger charge is -2.46. The third kappa shape index (κ3) is 2.19. The molecule has 0 atom stereocenters.